The average molecular weight is 486 g/mol. The Labute approximate surface area is 193 Å². The van der Waals surface area contributed by atoms with E-state index >= 15 is 0 Å². The maximum absolute atomic E-state index is 6.09. The highest BCUT2D eigenvalue weighted by Gasteiger charge is 2.20. The summed E-state index contributed by atoms with van der Waals surface area (Å²) in [4.78, 5) is 19.2. The minimum Gasteiger partial charge on any atom is -0.491 e. The third-order valence-electron chi connectivity index (χ3n) is 5.87. The Kier molecular flexibility index (Phi) is 4.57. The summed E-state index contributed by atoms with van der Waals surface area (Å²) in [6, 6.07) is 18.8. The van der Waals surface area contributed by atoms with Gasteiger partial charge in [0.05, 0.1) is 23.1 Å². The molecule has 1 aliphatic heterocycles. The zero-order chi connectivity index (χ0) is 21.7. The second-order valence-electron chi connectivity index (χ2n) is 7.98. The van der Waals surface area contributed by atoms with Crippen molar-refractivity contribution in [3.05, 3.63) is 76.8 Å². The van der Waals surface area contributed by atoms with Gasteiger partial charge in [0.15, 0.2) is 0 Å². The highest BCUT2D eigenvalue weighted by Crippen LogP contribution is 2.34. The number of aromatic nitrogens is 4. The zero-order valence-electron chi connectivity index (χ0n) is 17.5. The molecular formula is C25H20BrN5O. The van der Waals surface area contributed by atoms with Gasteiger partial charge in [0.1, 0.15) is 30.3 Å². The van der Waals surface area contributed by atoms with Crippen molar-refractivity contribution in [2.24, 2.45) is 0 Å². The summed E-state index contributed by atoms with van der Waals surface area (Å²) in [6.07, 6.45) is 1.63. The minimum atomic E-state index is 0.602. The first-order chi connectivity index (χ1) is 15.7. The highest BCUT2D eigenvalue weighted by atomic mass is 79.9. The molecule has 1 aliphatic rings. The van der Waals surface area contributed by atoms with Crippen LogP contribution in [-0.2, 0) is 6.54 Å². The molecule has 2 aromatic heterocycles. The van der Waals surface area contributed by atoms with Crippen LogP contribution in [0.3, 0.4) is 0 Å². The molecule has 0 atom stereocenters. The number of H-pyrrole nitrogens is 1. The van der Waals surface area contributed by atoms with Gasteiger partial charge in [-0.15, -0.1) is 0 Å². The van der Waals surface area contributed by atoms with Gasteiger partial charge < -0.3 is 14.6 Å². The van der Waals surface area contributed by atoms with E-state index in [-0.39, 0.29) is 0 Å². The number of fused-ring (bicyclic) bond motifs is 3. The summed E-state index contributed by atoms with van der Waals surface area (Å²) in [5.74, 6) is 2.77. The third kappa shape index (κ3) is 3.29. The Bertz CT molecular complexity index is 1480. The molecule has 6 rings (SSSR count). The van der Waals surface area contributed by atoms with Crippen LogP contribution in [0.1, 0.15) is 11.4 Å². The number of hydrogen-bond donors (Lipinski definition) is 1. The maximum atomic E-state index is 6.09. The number of benzene rings is 3. The molecule has 0 bridgehead atoms. The Balaban J connectivity index is 1.40. The number of halogens is 1. The second kappa shape index (κ2) is 7.60. The maximum Gasteiger partial charge on any atom is 0.140 e. The SMILES string of the molecule is Cc1nc2ccc(-c3ccc4c(c3)CN(c3ncnc5c(Br)cccc35)CCO4)cc2[nH]1. The molecule has 0 aliphatic carbocycles. The van der Waals surface area contributed by atoms with Gasteiger partial charge >= 0.3 is 0 Å². The van der Waals surface area contributed by atoms with Crippen molar-refractivity contribution in [3.8, 4) is 16.9 Å². The Morgan fingerprint density at radius 2 is 1.91 bits per heavy atom. The number of nitrogens with zero attached hydrogens (tertiary/aromatic N) is 4. The van der Waals surface area contributed by atoms with E-state index in [2.05, 4.69) is 83.2 Å². The first kappa shape index (κ1) is 19.3. The molecule has 0 radical (unpaired) electrons. The molecule has 0 saturated carbocycles. The first-order valence-electron chi connectivity index (χ1n) is 10.5. The number of rotatable bonds is 2. The molecule has 32 heavy (non-hydrogen) atoms. The summed E-state index contributed by atoms with van der Waals surface area (Å²) < 4.78 is 7.06. The standard InChI is InChI=1S/C25H20BrN5O/c1-15-29-21-7-5-17(12-22(21)30-15)16-6-8-23-18(11-16)13-31(9-10-32-23)25-19-3-2-4-20(26)24(19)27-14-28-25/h2-8,11-12,14H,9-10,13H2,1H3,(H,29,30). The molecule has 0 unspecified atom stereocenters. The van der Waals surface area contributed by atoms with E-state index in [1.54, 1.807) is 6.33 Å². The van der Waals surface area contributed by atoms with Gasteiger partial charge in [0.2, 0.25) is 0 Å². The molecule has 7 heteroatoms. The number of para-hydroxylation sites is 1. The minimum absolute atomic E-state index is 0.602. The largest absolute Gasteiger partial charge is 0.491 e. The Hall–Kier alpha value is -3.45. The van der Waals surface area contributed by atoms with E-state index in [0.29, 0.717) is 13.2 Å². The molecule has 3 aromatic carbocycles. The predicted octanol–water partition coefficient (Wildman–Crippen LogP) is 5.64. The van der Waals surface area contributed by atoms with Crippen LogP contribution in [0, 0.1) is 6.92 Å². The molecule has 1 N–H and O–H groups in total. The van der Waals surface area contributed by atoms with Gasteiger partial charge in [-0.3, -0.25) is 0 Å². The van der Waals surface area contributed by atoms with Crippen LogP contribution in [-0.4, -0.2) is 33.1 Å². The zero-order valence-corrected chi connectivity index (χ0v) is 19.1. The molecule has 3 heterocycles. The molecule has 0 fully saturated rings. The predicted molar refractivity (Wildman–Crippen MR) is 130 cm³/mol. The molecule has 6 nitrogen and oxygen atoms in total. The normalized spacial score (nSPS) is 13.8. The van der Waals surface area contributed by atoms with Crippen molar-refractivity contribution in [2.45, 2.75) is 13.5 Å². The first-order valence-corrected chi connectivity index (χ1v) is 11.3. The lowest BCUT2D eigenvalue weighted by Gasteiger charge is -2.22. The van der Waals surface area contributed by atoms with Gasteiger partial charge in [0.25, 0.3) is 0 Å². The van der Waals surface area contributed by atoms with Gasteiger partial charge in [0, 0.05) is 22.0 Å². The topological polar surface area (TPSA) is 66.9 Å². The van der Waals surface area contributed by atoms with Crippen molar-refractivity contribution < 1.29 is 4.74 Å². The van der Waals surface area contributed by atoms with Crippen molar-refractivity contribution in [2.75, 3.05) is 18.1 Å². The number of ether oxygens (including phenoxy) is 1. The number of aryl methyl sites for hydroxylation is 1. The summed E-state index contributed by atoms with van der Waals surface area (Å²) in [7, 11) is 0. The lowest BCUT2D eigenvalue weighted by Crippen LogP contribution is -2.26. The molecule has 0 spiro atoms. The number of imidazole rings is 1. The Morgan fingerprint density at radius 3 is 2.84 bits per heavy atom. The lowest BCUT2D eigenvalue weighted by atomic mass is 10.0. The van der Waals surface area contributed by atoms with Crippen molar-refractivity contribution in [3.63, 3.8) is 0 Å². The number of nitrogens with one attached hydrogen (secondary N) is 1. The van der Waals surface area contributed by atoms with Gasteiger partial charge in [-0.05, 0) is 70.4 Å². The van der Waals surface area contributed by atoms with E-state index in [4.69, 9.17) is 4.74 Å². The van der Waals surface area contributed by atoms with Crippen molar-refractivity contribution in [1.29, 1.82) is 0 Å². The van der Waals surface area contributed by atoms with Crippen molar-refractivity contribution in [1.82, 2.24) is 19.9 Å². The summed E-state index contributed by atoms with van der Waals surface area (Å²) in [5.41, 5.74) is 6.39. The van der Waals surface area contributed by atoms with Crippen molar-refractivity contribution >= 4 is 43.7 Å². The van der Waals surface area contributed by atoms with E-state index in [1.165, 1.54) is 0 Å². The van der Waals surface area contributed by atoms with Gasteiger partial charge in [-0.2, -0.15) is 0 Å². The van der Waals surface area contributed by atoms with E-state index in [9.17, 15) is 0 Å². The molecule has 0 saturated heterocycles. The second-order valence-corrected chi connectivity index (χ2v) is 8.83. The quantitative estimate of drug-likeness (QED) is 0.350. The monoisotopic (exact) mass is 485 g/mol. The number of anilines is 1. The number of aromatic amines is 1. The van der Waals surface area contributed by atoms with Gasteiger partial charge in [-0.1, -0.05) is 18.2 Å². The highest BCUT2D eigenvalue weighted by molar-refractivity contribution is 9.10. The summed E-state index contributed by atoms with van der Waals surface area (Å²) >= 11 is 3.61. The van der Waals surface area contributed by atoms with Crippen LogP contribution in [0.2, 0.25) is 0 Å². The number of hydrogen-bond acceptors (Lipinski definition) is 5. The smallest absolute Gasteiger partial charge is 0.140 e. The van der Waals surface area contributed by atoms with Gasteiger partial charge in [-0.25, -0.2) is 15.0 Å². The lowest BCUT2D eigenvalue weighted by molar-refractivity contribution is 0.331. The van der Waals surface area contributed by atoms with Crippen LogP contribution in [0.15, 0.2) is 65.4 Å². The fourth-order valence-electron chi connectivity index (χ4n) is 4.36. The van der Waals surface area contributed by atoms with Crippen LogP contribution >= 0.6 is 15.9 Å². The van der Waals surface area contributed by atoms with Crippen LogP contribution in [0.4, 0.5) is 5.82 Å². The van der Waals surface area contributed by atoms with Crippen LogP contribution in [0.25, 0.3) is 33.1 Å². The molecular weight excluding hydrogens is 466 g/mol. The van der Waals surface area contributed by atoms with Crippen LogP contribution in [0.5, 0.6) is 5.75 Å². The fourth-order valence-corrected chi connectivity index (χ4v) is 4.83. The third-order valence-corrected chi connectivity index (χ3v) is 6.51. The Morgan fingerprint density at radius 1 is 1.03 bits per heavy atom. The summed E-state index contributed by atoms with van der Waals surface area (Å²) in [5, 5.41) is 1.03. The molecule has 5 aromatic rings. The summed E-state index contributed by atoms with van der Waals surface area (Å²) in [6.45, 7) is 4.05. The van der Waals surface area contributed by atoms with E-state index < -0.39 is 0 Å². The fraction of sp³-hybridized carbons (Fsp3) is 0.160. The average Bonchev–Trinajstić information content (AvgIpc) is 3.05. The molecule has 0 amide bonds. The van der Waals surface area contributed by atoms with E-state index in [0.717, 1.165) is 67.0 Å². The molecule has 158 valence electrons. The van der Waals surface area contributed by atoms with E-state index in [1.807, 2.05) is 19.1 Å². The van der Waals surface area contributed by atoms with Crippen LogP contribution < -0.4 is 9.64 Å².